The Labute approximate surface area is 404 Å². The van der Waals surface area contributed by atoms with Crippen LogP contribution in [0.25, 0.3) is 0 Å². The molecule has 0 spiro atoms. The van der Waals surface area contributed by atoms with Crippen LogP contribution in [-0.2, 0) is 28.6 Å². The first kappa shape index (κ1) is 61.3. The molecule has 0 aromatic rings. The number of carbonyl (C=O) groups is 3. The number of rotatable bonds is 44. The highest BCUT2D eigenvalue weighted by Crippen LogP contribution is 2.10. The van der Waals surface area contributed by atoms with Gasteiger partial charge in [-0.05, 0) is 135 Å². The molecule has 0 amide bonds. The van der Waals surface area contributed by atoms with E-state index in [1.807, 2.05) is 0 Å². The van der Waals surface area contributed by atoms with Gasteiger partial charge in [-0.15, -0.1) is 0 Å². The molecule has 1 atom stereocenters. The fourth-order valence-electron chi connectivity index (χ4n) is 6.24. The first-order valence-electron chi connectivity index (χ1n) is 25.8. The summed E-state index contributed by atoms with van der Waals surface area (Å²) in [5.74, 6) is -1.07. The molecule has 0 aliphatic carbocycles. The standard InChI is InChI=1S/C60H92O6/c1-4-7-10-13-16-19-22-25-27-29-30-32-33-35-38-41-44-47-50-53-59(62)65-56-57(55-64-58(61)52-49-46-43-40-37-24-21-18-15-12-9-6-3)66-60(63)54-51-48-45-42-39-36-34-31-28-26-23-20-17-14-11-8-5-2/h7,9-10,12,16-21,25-28,30,32,34-38,40,42,45,57H,4-6,8,11,13-15,22-24,29,31,33,39,41,43-44,46-56H2,1-3H3/b10-7-,12-9-,19-16-,20-17-,21-18-,27-25-,28-26-,32-30-,36-34-,38-35-,40-37-,45-42-. The minimum Gasteiger partial charge on any atom is -0.462 e. The molecule has 0 aromatic carbocycles. The molecule has 0 heterocycles. The van der Waals surface area contributed by atoms with Gasteiger partial charge in [-0.1, -0.05) is 186 Å². The second kappa shape index (κ2) is 52.9. The Bertz CT molecular complexity index is 1510. The van der Waals surface area contributed by atoms with Gasteiger partial charge in [0, 0.05) is 19.3 Å². The van der Waals surface area contributed by atoms with Gasteiger partial charge < -0.3 is 14.2 Å². The lowest BCUT2D eigenvalue weighted by atomic mass is 10.1. The molecule has 0 rings (SSSR count). The zero-order valence-electron chi connectivity index (χ0n) is 41.9. The summed E-state index contributed by atoms with van der Waals surface area (Å²) in [7, 11) is 0. The van der Waals surface area contributed by atoms with E-state index in [0.29, 0.717) is 19.3 Å². The molecule has 0 saturated heterocycles. The Morgan fingerprint density at radius 3 is 0.970 bits per heavy atom. The van der Waals surface area contributed by atoms with E-state index >= 15 is 0 Å². The molecule has 0 aliphatic rings. The minimum atomic E-state index is -0.842. The molecular weight excluding hydrogens is 817 g/mol. The zero-order chi connectivity index (χ0) is 47.9. The van der Waals surface area contributed by atoms with Crippen molar-refractivity contribution in [2.24, 2.45) is 0 Å². The van der Waals surface area contributed by atoms with Gasteiger partial charge in [0.25, 0.3) is 0 Å². The quantitative estimate of drug-likeness (QED) is 0.0262. The SMILES string of the molecule is CC/C=C\C/C=C\C/C=C\C/C=C\C/C=C\CCCCCC(=O)OCC(COC(=O)CCCC/C=C\C/C=C\C/C=C\CC)OC(=O)CCC/C=C\C/C=C\C/C=C\C/C=C\CCCCC. The number of carbonyl (C=O) groups excluding carboxylic acids is 3. The molecule has 6 nitrogen and oxygen atoms in total. The van der Waals surface area contributed by atoms with Gasteiger partial charge in [-0.25, -0.2) is 0 Å². The molecular formula is C60H92O6. The van der Waals surface area contributed by atoms with Crippen LogP contribution in [0.3, 0.4) is 0 Å². The van der Waals surface area contributed by atoms with Crippen LogP contribution in [0, 0.1) is 0 Å². The monoisotopic (exact) mass is 909 g/mol. The molecule has 368 valence electrons. The molecule has 0 saturated carbocycles. The normalized spacial score (nSPS) is 13.3. The molecule has 0 bridgehead atoms. The van der Waals surface area contributed by atoms with Crippen molar-refractivity contribution in [2.45, 2.75) is 200 Å². The summed E-state index contributed by atoms with van der Waals surface area (Å²) in [6.07, 6.45) is 75.5. The Balaban J connectivity index is 4.60. The summed E-state index contributed by atoms with van der Waals surface area (Å²) in [5.41, 5.74) is 0. The summed E-state index contributed by atoms with van der Waals surface area (Å²) in [4.78, 5) is 38.0. The Kier molecular flexibility index (Phi) is 49.1. The third kappa shape index (κ3) is 50.3. The molecule has 0 aromatic heterocycles. The lowest BCUT2D eigenvalue weighted by Crippen LogP contribution is -2.30. The van der Waals surface area contributed by atoms with Crippen LogP contribution in [0.5, 0.6) is 0 Å². The minimum absolute atomic E-state index is 0.136. The van der Waals surface area contributed by atoms with Crippen LogP contribution in [-0.4, -0.2) is 37.2 Å². The number of ether oxygens (including phenoxy) is 3. The zero-order valence-corrected chi connectivity index (χ0v) is 41.9. The smallest absolute Gasteiger partial charge is 0.306 e. The highest BCUT2D eigenvalue weighted by molar-refractivity contribution is 5.71. The van der Waals surface area contributed by atoms with Crippen LogP contribution in [0.4, 0.5) is 0 Å². The van der Waals surface area contributed by atoms with E-state index in [9.17, 15) is 14.4 Å². The Morgan fingerprint density at radius 2 is 0.606 bits per heavy atom. The molecule has 66 heavy (non-hydrogen) atoms. The van der Waals surface area contributed by atoms with Crippen molar-refractivity contribution in [2.75, 3.05) is 13.2 Å². The number of unbranched alkanes of at least 4 members (excludes halogenated alkanes) is 9. The van der Waals surface area contributed by atoms with Crippen molar-refractivity contribution in [3.63, 3.8) is 0 Å². The number of esters is 3. The maximum absolute atomic E-state index is 12.8. The maximum Gasteiger partial charge on any atom is 0.306 e. The fraction of sp³-hybridized carbons (Fsp3) is 0.550. The fourth-order valence-corrected chi connectivity index (χ4v) is 6.24. The average Bonchev–Trinajstić information content (AvgIpc) is 3.31. The summed E-state index contributed by atoms with van der Waals surface area (Å²) in [5, 5.41) is 0. The lowest BCUT2D eigenvalue weighted by molar-refractivity contribution is -0.167. The van der Waals surface area contributed by atoms with Crippen LogP contribution >= 0.6 is 0 Å². The summed E-state index contributed by atoms with van der Waals surface area (Å²) < 4.78 is 16.7. The summed E-state index contributed by atoms with van der Waals surface area (Å²) >= 11 is 0. The van der Waals surface area contributed by atoms with Crippen molar-refractivity contribution >= 4 is 17.9 Å². The topological polar surface area (TPSA) is 78.9 Å². The third-order valence-electron chi connectivity index (χ3n) is 10.1. The van der Waals surface area contributed by atoms with Crippen LogP contribution in [0.2, 0.25) is 0 Å². The van der Waals surface area contributed by atoms with E-state index in [1.54, 1.807) is 0 Å². The second-order valence-electron chi connectivity index (χ2n) is 16.3. The lowest BCUT2D eigenvalue weighted by Gasteiger charge is -2.18. The van der Waals surface area contributed by atoms with E-state index in [-0.39, 0.29) is 38.0 Å². The molecule has 0 radical (unpaired) electrons. The number of hydrogen-bond donors (Lipinski definition) is 0. The van der Waals surface area contributed by atoms with E-state index in [1.165, 1.54) is 25.7 Å². The average molecular weight is 909 g/mol. The van der Waals surface area contributed by atoms with Crippen LogP contribution in [0.15, 0.2) is 146 Å². The van der Waals surface area contributed by atoms with Gasteiger partial charge in [0.05, 0.1) is 0 Å². The predicted octanol–water partition coefficient (Wildman–Crippen LogP) is 17.3. The van der Waals surface area contributed by atoms with Gasteiger partial charge in [-0.2, -0.15) is 0 Å². The third-order valence-corrected chi connectivity index (χ3v) is 10.1. The largest absolute Gasteiger partial charge is 0.462 e. The highest BCUT2D eigenvalue weighted by atomic mass is 16.6. The molecule has 1 unspecified atom stereocenters. The van der Waals surface area contributed by atoms with Crippen LogP contribution < -0.4 is 0 Å². The van der Waals surface area contributed by atoms with Crippen molar-refractivity contribution < 1.29 is 28.6 Å². The van der Waals surface area contributed by atoms with Gasteiger partial charge in [0.15, 0.2) is 6.10 Å². The number of allylic oxidation sites excluding steroid dienone is 24. The van der Waals surface area contributed by atoms with E-state index in [0.717, 1.165) is 116 Å². The molecule has 0 N–H and O–H groups in total. The predicted molar refractivity (Wildman–Crippen MR) is 283 cm³/mol. The van der Waals surface area contributed by atoms with Gasteiger partial charge in [-0.3, -0.25) is 14.4 Å². The molecule has 0 fully saturated rings. The van der Waals surface area contributed by atoms with Crippen molar-refractivity contribution in [1.82, 2.24) is 0 Å². The molecule has 0 aliphatic heterocycles. The van der Waals surface area contributed by atoms with Gasteiger partial charge >= 0.3 is 17.9 Å². The first-order chi connectivity index (χ1) is 32.5. The van der Waals surface area contributed by atoms with E-state index < -0.39 is 12.1 Å². The van der Waals surface area contributed by atoms with E-state index in [2.05, 4.69) is 167 Å². The van der Waals surface area contributed by atoms with Crippen molar-refractivity contribution in [3.05, 3.63) is 146 Å². The van der Waals surface area contributed by atoms with Crippen LogP contribution in [0.1, 0.15) is 194 Å². The molecule has 6 heteroatoms. The van der Waals surface area contributed by atoms with Crippen molar-refractivity contribution in [3.8, 4) is 0 Å². The Hall–Kier alpha value is -4.71. The van der Waals surface area contributed by atoms with E-state index in [4.69, 9.17) is 14.2 Å². The second-order valence-corrected chi connectivity index (χ2v) is 16.3. The number of hydrogen-bond acceptors (Lipinski definition) is 6. The Morgan fingerprint density at radius 1 is 0.318 bits per heavy atom. The van der Waals surface area contributed by atoms with Gasteiger partial charge in [0.2, 0.25) is 0 Å². The maximum atomic E-state index is 12.8. The van der Waals surface area contributed by atoms with Gasteiger partial charge in [0.1, 0.15) is 13.2 Å². The summed E-state index contributed by atoms with van der Waals surface area (Å²) in [6.45, 7) is 6.24. The van der Waals surface area contributed by atoms with Crippen molar-refractivity contribution in [1.29, 1.82) is 0 Å². The first-order valence-corrected chi connectivity index (χ1v) is 25.8. The highest BCUT2D eigenvalue weighted by Gasteiger charge is 2.19. The summed E-state index contributed by atoms with van der Waals surface area (Å²) in [6, 6.07) is 0.